The van der Waals surface area contributed by atoms with Crippen molar-refractivity contribution in [2.45, 2.75) is 52.0 Å². The Balaban J connectivity index is 2.46. The first-order chi connectivity index (χ1) is 10.6. The van der Waals surface area contributed by atoms with Crippen molar-refractivity contribution in [3.8, 4) is 5.75 Å². The fraction of sp³-hybridized carbons (Fsp3) is 0.588. The van der Waals surface area contributed by atoms with Crippen molar-refractivity contribution in [2.75, 3.05) is 18.9 Å². The average molecular weight is 308 g/mol. The summed E-state index contributed by atoms with van der Waals surface area (Å²) in [6, 6.07) is 5.29. The molecule has 0 aliphatic carbocycles. The van der Waals surface area contributed by atoms with E-state index in [0.29, 0.717) is 31.0 Å². The molecule has 5 nitrogen and oxygen atoms in total. The average Bonchev–Trinajstić information content (AvgIpc) is 2.49. The SMILES string of the molecule is CCCCC(NCCc1ccc(OCCC)c(N)c1)C(=O)O. The van der Waals surface area contributed by atoms with E-state index in [2.05, 4.69) is 12.2 Å². The quantitative estimate of drug-likeness (QED) is 0.547. The lowest BCUT2D eigenvalue weighted by Gasteiger charge is -2.14. The molecular formula is C17H28N2O3. The summed E-state index contributed by atoms with van der Waals surface area (Å²) in [6.07, 6.45) is 4.27. The number of nitrogens with one attached hydrogen (secondary N) is 1. The third-order valence-electron chi connectivity index (χ3n) is 3.48. The second kappa shape index (κ2) is 10.1. The molecule has 0 aromatic heterocycles. The first-order valence-electron chi connectivity index (χ1n) is 8.05. The smallest absolute Gasteiger partial charge is 0.320 e. The van der Waals surface area contributed by atoms with Gasteiger partial charge in [-0.3, -0.25) is 4.79 Å². The Bertz CT molecular complexity index is 463. The van der Waals surface area contributed by atoms with Gasteiger partial charge in [0.1, 0.15) is 11.8 Å². The molecule has 1 atom stereocenters. The van der Waals surface area contributed by atoms with Crippen LogP contribution in [0.15, 0.2) is 18.2 Å². The number of hydrogen-bond donors (Lipinski definition) is 3. The van der Waals surface area contributed by atoms with E-state index in [1.54, 1.807) is 0 Å². The second-order valence-corrected chi connectivity index (χ2v) is 5.46. The minimum atomic E-state index is -0.781. The molecule has 0 bridgehead atoms. The molecule has 0 spiro atoms. The van der Waals surface area contributed by atoms with E-state index in [0.717, 1.165) is 31.2 Å². The Kier molecular flexibility index (Phi) is 8.36. The summed E-state index contributed by atoms with van der Waals surface area (Å²) in [7, 11) is 0. The van der Waals surface area contributed by atoms with Gasteiger partial charge in [0.25, 0.3) is 0 Å². The monoisotopic (exact) mass is 308 g/mol. The molecule has 0 aliphatic rings. The number of unbranched alkanes of at least 4 members (excludes halogenated alkanes) is 1. The number of hydrogen-bond acceptors (Lipinski definition) is 4. The second-order valence-electron chi connectivity index (χ2n) is 5.46. The third-order valence-corrected chi connectivity index (χ3v) is 3.48. The number of aliphatic carboxylic acids is 1. The summed E-state index contributed by atoms with van der Waals surface area (Å²) >= 11 is 0. The normalized spacial score (nSPS) is 12.1. The lowest BCUT2D eigenvalue weighted by molar-refractivity contribution is -0.139. The minimum absolute atomic E-state index is 0.468. The summed E-state index contributed by atoms with van der Waals surface area (Å²) in [5, 5.41) is 12.3. The van der Waals surface area contributed by atoms with Crippen molar-refractivity contribution >= 4 is 11.7 Å². The number of nitrogen functional groups attached to an aromatic ring is 1. The zero-order chi connectivity index (χ0) is 16.4. The highest BCUT2D eigenvalue weighted by atomic mass is 16.5. The van der Waals surface area contributed by atoms with Crippen LogP contribution < -0.4 is 15.8 Å². The number of ether oxygens (including phenoxy) is 1. The van der Waals surface area contributed by atoms with Gasteiger partial charge in [0, 0.05) is 0 Å². The highest BCUT2D eigenvalue weighted by Crippen LogP contribution is 2.22. The Labute approximate surface area is 132 Å². The molecule has 0 heterocycles. The first-order valence-corrected chi connectivity index (χ1v) is 8.05. The van der Waals surface area contributed by atoms with E-state index in [1.165, 1.54) is 0 Å². The van der Waals surface area contributed by atoms with Gasteiger partial charge in [-0.25, -0.2) is 0 Å². The number of nitrogens with two attached hydrogens (primary N) is 1. The highest BCUT2D eigenvalue weighted by molar-refractivity contribution is 5.73. The van der Waals surface area contributed by atoms with E-state index in [1.807, 2.05) is 25.1 Å². The first kappa shape index (κ1) is 18.3. The van der Waals surface area contributed by atoms with Gasteiger partial charge in [-0.15, -0.1) is 0 Å². The molecule has 0 saturated carbocycles. The Morgan fingerprint density at radius 3 is 2.73 bits per heavy atom. The van der Waals surface area contributed by atoms with Crippen molar-refractivity contribution in [1.82, 2.24) is 5.32 Å². The minimum Gasteiger partial charge on any atom is -0.491 e. The van der Waals surface area contributed by atoms with Gasteiger partial charge in [-0.1, -0.05) is 32.8 Å². The molecule has 0 aliphatic heterocycles. The van der Waals surface area contributed by atoms with Crippen LogP contribution in [0.25, 0.3) is 0 Å². The van der Waals surface area contributed by atoms with Crippen LogP contribution in [0.5, 0.6) is 5.75 Å². The predicted molar refractivity (Wildman–Crippen MR) is 89.3 cm³/mol. The molecule has 1 unspecified atom stereocenters. The number of rotatable bonds is 11. The molecule has 4 N–H and O–H groups in total. The van der Waals surface area contributed by atoms with Crippen LogP contribution >= 0.6 is 0 Å². The van der Waals surface area contributed by atoms with Gasteiger partial charge >= 0.3 is 5.97 Å². The van der Waals surface area contributed by atoms with Gasteiger partial charge in [-0.2, -0.15) is 0 Å². The molecule has 0 saturated heterocycles. The number of carboxylic acid groups (broad SMARTS) is 1. The number of carboxylic acids is 1. The number of carbonyl (C=O) groups is 1. The van der Waals surface area contributed by atoms with Crippen LogP contribution in [-0.2, 0) is 11.2 Å². The van der Waals surface area contributed by atoms with Crippen molar-refractivity contribution in [3.05, 3.63) is 23.8 Å². The summed E-state index contributed by atoms with van der Waals surface area (Å²) in [5.41, 5.74) is 7.68. The molecule has 0 fully saturated rings. The van der Waals surface area contributed by atoms with Crippen molar-refractivity contribution in [1.29, 1.82) is 0 Å². The van der Waals surface area contributed by atoms with Crippen LogP contribution in [0.2, 0.25) is 0 Å². The molecule has 0 amide bonds. The molecule has 22 heavy (non-hydrogen) atoms. The Hall–Kier alpha value is -1.75. The zero-order valence-corrected chi connectivity index (χ0v) is 13.6. The summed E-state index contributed by atoms with van der Waals surface area (Å²) < 4.78 is 5.54. The molecular weight excluding hydrogens is 280 g/mol. The van der Waals surface area contributed by atoms with E-state index in [9.17, 15) is 4.79 Å². The van der Waals surface area contributed by atoms with Crippen LogP contribution in [0.1, 0.15) is 45.1 Å². The van der Waals surface area contributed by atoms with Gasteiger partial charge in [0.15, 0.2) is 0 Å². The van der Waals surface area contributed by atoms with Gasteiger partial charge in [0.2, 0.25) is 0 Å². The third kappa shape index (κ3) is 6.35. The highest BCUT2D eigenvalue weighted by Gasteiger charge is 2.15. The standard InChI is InChI=1S/C17H28N2O3/c1-3-5-6-15(17(20)21)19-10-9-13-7-8-16(14(18)12-13)22-11-4-2/h7-8,12,15,19H,3-6,9-11,18H2,1-2H3,(H,20,21). The van der Waals surface area contributed by atoms with Gasteiger partial charge in [0.05, 0.1) is 12.3 Å². The fourth-order valence-corrected chi connectivity index (χ4v) is 2.21. The summed E-state index contributed by atoms with van der Waals surface area (Å²) in [4.78, 5) is 11.1. The van der Waals surface area contributed by atoms with Crippen LogP contribution in [0.3, 0.4) is 0 Å². The van der Waals surface area contributed by atoms with E-state index >= 15 is 0 Å². The van der Waals surface area contributed by atoms with Crippen LogP contribution in [0, 0.1) is 0 Å². The lowest BCUT2D eigenvalue weighted by Crippen LogP contribution is -2.37. The topological polar surface area (TPSA) is 84.6 Å². The molecule has 5 heteroatoms. The Morgan fingerprint density at radius 1 is 1.36 bits per heavy atom. The van der Waals surface area contributed by atoms with Crippen molar-refractivity contribution in [3.63, 3.8) is 0 Å². The molecule has 1 aromatic carbocycles. The Morgan fingerprint density at radius 2 is 2.14 bits per heavy atom. The molecule has 0 radical (unpaired) electrons. The van der Waals surface area contributed by atoms with Crippen LogP contribution in [-0.4, -0.2) is 30.3 Å². The maximum atomic E-state index is 11.1. The molecule has 1 aromatic rings. The summed E-state index contributed by atoms with van der Waals surface area (Å²) in [5.74, 6) is -0.0683. The van der Waals surface area contributed by atoms with Gasteiger partial charge in [-0.05, 0) is 43.5 Å². The fourth-order valence-electron chi connectivity index (χ4n) is 2.21. The molecule has 1 rings (SSSR count). The number of benzene rings is 1. The van der Waals surface area contributed by atoms with E-state index in [-0.39, 0.29) is 0 Å². The maximum Gasteiger partial charge on any atom is 0.320 e. The maximum absolute atomic E-state index is 11.1. The largest absolute Gasteiger partial charge is 0.491 e. The van der Waals surface area contributed by atoms with E-state index < -0.39 is 12.0 Å². The van der Waals surface area contributed by atoms with E-state index in [4.69, 9.17) is 15.6 Å². The van der Waals surface area contributed by atoms with Crippen LogP contribution in [0.4, 0.5) is 5.69 Å². The summed E-state index contributed by atoms with van der Waals surface area (Å²) in [6.45, 7) is 5.38. The van der Waals surface area contributed by atoms with Crippen molar-refractivity contribution in [2.24, 2.45) is 0 Å². The molecule has 124 valence electrons. The lowest BCUT2D eigenvalue weighted by atomic mass is 10.1. The predicted octanol–water partition coefficient (Wildman–Crippen LogP) is 2.83. The zero-order valence-electron chi connectivity index (χ0n) is 13.6. The number of anilines is 1. The van der Waals surface area contributed by atoms with Gasteiger partial charge < -0.3 is 20.9 Å². The van der Waals surface area contributed by atoms with Crippen molar-refractivity contribution < 1.29 is 14.6 Å².